The molecule has 2 aliphatic heterocycles. The Morgan fingerprint density at radius 1 is 0.514 bits per heavy atom. The summed E-state index contributed by atoms with van der Waals surface area (Å²) in [5.41, 5.74) is 13.0. The van der Waals surface area contributed by atoms with Gasteiger partial charge in [0.2, 0.25) is 0 Å². The Labute approximate surface area is 204 Å². The Bertz CT molecular complexity index is 1750. The lowest BCUT2D eigenvalue weighted by Gasteiger charge is -2.35. The third-order valence-electron chi connectivity index (χ3n) is 7.58. The molecule has 0 radical (unpaired) electrons. The summed E-state index contributed by atoms with van der Waals surface area (Å²) in [5, 5.41) is 1.27. The molecule has 5 aromatic carbocycles. The number of hydrogen-bond donors (Lipinski definition) is 0. The number of fused-ring (bicyclic) bond motifs is 7. The Morgan fingerprint density at radius 3 is 2.00 bits per heavy atom. The zero-order chi connectivity index (χ0) is 22.9. The highest BCUT2D eigenvalue weighted by atomic mass is 15.2. The Morgan fingerprint density at radius 2 is 1.17 bits per heavy atom. The molecule has 0 atom stereocenters. The van der Waals surface area contributed by atoms with E-state index < -0.39 is 0 Å². The third kappa shape index (κ3) is 2.45. The van der Waals surface area contributed by atoms with Crippen LogP contribution < -0.4 is 21.4 Å². The molecule has 0 fully saturated rings. The number of anilines is 3. The van der Waals surface area contributed by atoms with Crippen LogP contribution in [0, 0.1) is 0 Å². The van der Waals surface area contributed by atoms with E-state index in [2.05, 4.69) is 137 Å². The number of rotatable bonds is 2. The maximum Gasteiger partial charge on any atom is 0.269 e. The van der Waals surface area contributed by atoms with Crippen LogP contribution in [0.1, 0.15) is 0 Å². The highest BCUT2D eigenvalue weighted by Crippen LogP contribution is 2.44. The largest absolute Gasteiger partial charge is 0.319 e. The molecule has 0 unspecified atom stereocenters. The maximum absolute atomic E-state index is 2.49. The van der Waals surface area contributed by atoms with Crippen molar-refractivity contribution in [3.63, 3.8) is 0 Å². The van der Waals surface area contributed by atoms with Crippen molar-refractivity contribution < 1.29 is 0 Å². The molecule has 0 spiro atoms. The van der Waals surface area contributed by atoms with Crippen LogP contribution in [0.15, 0.2) is 127 Å². The first-order valence-electron chi connectivity index (χ1n) is 12.2. The SMILES string of the molecule is c1ccc(N2c3cccc4c3B(c3ccccc3-4)c3c2c2ccccc2n3-c2ccccc2)cc1. The van der Waals surface area contributed by atoms with Gasteiger partial charge in [0.15, 0.2) is 0 Å². The van der Waals surface area contributed by atoms with E-state index in [0.717, 1.165) is 0 Å². The van der Waals surface area contributed by atoms with Crippen LogP contribution in [0.5, 0.6) is 0 Å². The van der Waals surface area contributed by atoms with Gasteiger partial charge in [0.1, 0.15) is 0 Å². The molecule has 1 aromatic heterocycles. The van der Waals surface area contributed by atoms with Gasteiger partial charge in [-0.3, -0.25) is 0 Å². The molecular weight excluding hydrogens is 423 g/mol. The monoisotopic (exact) mass is 444 g/mol. The highest BCUT2D eigenvalue weighted by Gasteiger charge is 2.45. The summed E-state index contributed by atoms with van der Waals surface area (Å²) in [7, 11) is 0. The van der Waals surface area contributed by atoms with E-state index >= 15 is 0 Å². The van der Waals surface area contributed by atoms with Gasteiger partial charge in [0, 0.05) is 28.0 Å². The van der Waals surface area contributed by atoms with Gasteiger partial charge in [-0.2, -0.15) is 0 Å². The Hall–Kier alpha value is -4.50. The standard InChI is InChI=1S/C32H21BN2/c1-3-12-22(13-4-1)34-29-21-11-18-25-24-16-7-9-19-27(24)33(30(25)29)32-31(34)26-17-8-10-20-28(26)35(32)23-14-5-2-6-15-23/h1-21H. The molecule has 3 heterocycles. The normalized spacial score (nSPS) is 13.0. The summed E-state index contributed by atoms with van der Waals surface area (Å²) >= 11 is 0. The van der Waals surface area contributed by atoms with Gasteiger partial charge in [-0.1, -0.05) is 96.5 Å². The van der Waals surface area contributed by atoms with Crippen LogP contribution in [0.2, 0.25) is 0 Å². The van der Waals surface area contributed by atoms with E-state index in [1.165, 1.54) is 61.3 Å². The van der Waals surface area contributed by atoms with Gasteiger partial charge in [0.25, 0.3) is 6.71 Å². The quantitative estimate of drug-likeness (QED) is 0.301. The molecule has 0 amide bonds. The van der Waals surface area contributed by atoms with Gasteiger partial charge in [-0.05, 0) is 53.0 Å². The fourth-order valence-corrected chi connectivity index (χ4v) is 6.28. The van der Waals surface area contributed by atoms with Crippen molar-refractivity contribution in [3.05, 3.63) is 127 Å². The molecule has 8 rings (SSSR count). The first kappa shape index (κ1) is 18.9. The van der Waals surface area contributed by atoms with Crippen molar-refractivity contribution in [2.75, 3.05) is 4.90 Å². The van der Waals surface area contributed by atoms with Gasteiger partial charge >= 0.3 is 0 Å². The summed E-state index contributed by atoms with van der Waals surface area (Å²) in [4.78, 5) is 2.48. The summed E-state index contributed by atoms with van der Waals surface area (Å²) in [6, 6.07) is 46.2. The molecule has 35 heavy (non-hydrogen) atoms. The minimum absolute atomic E-state index is 0.181. The van der Waals surface area contributed by atoms with Crippen LogP contribution in [-0.2, 0) is 0 Å². The lowest BCUT2D eigenvalue weighted by Crippen LogP contribution is -2.56. The lowest BCUT2D eigenvalue weighted by atomic mass is 9.39. The van der Waals surface area contributed by atoms with Crippen molar-refractivity contribution >= 4 is 51.2 Å². The van der Waals surface area contributed by atoms with Crippen LogP contribution >= 0.6 is 0 Å². The van der Waals surface area contributed by atoms with Crippen molar-refractivity contribution in [3.8, 4) is 16.8 Å². The second-order valence-corrected chi connectivity index (χ2v) is 9.35. The number of para-hydroxylation sites is 3. The van der Waals surface area contributed by atoms with Crippen molar-refractivity contribution in [2.24, 2.45) is 0 Å². The number of benzene rings is 5. The van der Waals surface area contributed by atoms with Crippen LogP contribution in [0.4, 0.5) is 17.1 Å². The number of nitrogens with zero attached hydrogens (tertiary/aromatic N) is 2. The predicted octanol–water partition coefficient (Wildman–Crippen LogP) is 5.91. The van der Waals surface area contributed by atoms with E-state index in [1.807, 2.05) is 0 Å². The summed E-state index contributed by atoms with van der Waals surface area (Å²) in [5.74, 6) is 0. The van der Waals surface area contributed by atoms with E-state index in [9.17, 15) is 0 Å². The first-order valence-corrected chi connectivity index (χ1v) is 12.2. The van der Waals surface area contributed by atoms with E-state index in [1.54, 1.807) is 0 Å². The molecule has 0 bridgehead atoms. The Kier molecular flexibility index (Phi) is 3.78. The van der Waals surface area contributed by atoms with Crippen molar-refractivity contribution in [1.82, 2.24) is 4.57 Å². The molecule has 2 aliphatic rings. The van der Waals surface area contributed by atoms with Gasteiger partial charge in [0.05, 0.1) is 11.2 Å². The summed E-state index contributed by atoms with van der Waals surface area (Å²) in [6.45, 7) is 0.181. The van der Waals surface area contributed by atoms with E-state index in [-0.39, 0.29) is 6.71 Å². The van der Waals surface area contributed by atoms with Gasteiger partial charge in [-0.25, -0.2) is 0 Å². The minimum atomic E-state index is 0.181. The molecule has 162 valence electrons. The minimum Gasteiger partial charge on any atom is -0.319 e. The van der Waals surface area contributed by atoms with Gasteiger partial charge in [-0.15, -0.1) is 0 Å². The molecule has 0 saturated heterocycles. The van der Waals surface area contributed by atoms with Gasteiger partial charge < -0.3 is 9.47 Å². The molecule has 6 aromatic rings. The lowest BCUT2D eigenvalue weighted by molar-refractivity contribution is 1.15. The zero-order valence-electron chi connectivity index (χ0n) is 19.1. The Balaban J connectivity index is 1.59. The van der Waals surface area contributed by atoms with E-state index in [4.69, 9.17) is 0 Å². The topological polar surface area (TPSA) is 8.17 Å². The maximum atomic E-state index is 2.49. The molecular formula is C32H21BN2. The summed E-state index contributed by atoms with van der Waals surface area (Å²) < 4.78 is 2.49. The predicted molar refractivity (Wildman–Crippen MR) is 148 cm³/mol. The van der Waals surface area contributed by atoms with Crippen molar-refractivity contribution in [2.45, 2.75) is 0 Å². The zero-order valence-corrected chi connectivity index (χ0v) is 19.1. The summed E-state index contributed by atoms with van der Waals surface area (Å²) in [6.07, 6.45) is 0. The molecule has 0 aliphatic carbocycles. The third-order valence-corrected chi connectivity index (χ3v) is 7.58. The van der Waals surface area contributed by atoms with E-state index in [0.29, 0.717) is 0 Å². The number of hydrogen-bond acceptors (Lipinski definition) is 1. The van der Waals surface area contributed by atoms with Crippen LogP contribution in [0.3, 0.4) is 0 Å². The molecule has 0 N–H and O–H groups in total. The second kappa shape index (κ2) is 7.00. The molecule has 2 nitrogen and oxygen atoms in total. The fraction of sp³-hybridized carbons (Fsp3) is 0. The average Bonchev–Trinajstić information content (AvgIpc) is 3.45. The first-order chi connectivity index (χ1) is 17.4. The van der Waals surface area contributed by atoms with Crippen LogP contribution in [0.25, 0.3) is 27.7 Å². The van der Waals surface area contributed by atoms with Crippen molar-refractivity contribution in [1.29, 1.82) is 0 Å². The fourth-order valence-electron chi connectivity index (χ4n) is 6.28. The smallest absolute Gasteiger partial charge is 0.269 e. The average molecular weight is 444 g/mol. The number of aromatic nitrogens is 1. The van der Waals surface area contributed by atoms with Crippen LogP contribution in [-0.4, -0.2) is 11.3 Å². The molecule has 0 saturated carbocycles. The highest BCUT2D eigenvalue weighted by molar-refractivity contribution is 7.01. The second-order valence-electron chi connectivity index (χ2n) is 9.35. The molecule has 3 heteroatoms.